The fourth-order valence-electron chi connectivity index (χ4n) is 1.50. The van der Waals surface area contributed by atoms with Crippen molar-refractivity contribution in [1.29, 1.82) is 5.26 Å². The molecular weight excluding hydrogens is 228 g/mol. The summed E-state index contributed by atoms with van der Waals surface area (Å²) >= 11 is 0. The Balaban J connectivity index is 2.16. The van der Waals surface area contributed by atoms with Crippen LogP contribution >= 0.6 is 0 Å². The Morgan fingerprint density at radius 3 is 2.83 bits per heavy atom. The molecule has 0 saturated heterocycles. The predicted octanol–water partition coefficient (Wildman–Crippen LogP) is 1.52. The van der Waals surface area contributed by atoms with Crippen molar-refractivity contribution >= 4 is 16.9 Å². The molecule has 0 fully saturated rings. The van der Waals surface area contributed by atoms with E-state index in [9.17, 15) is 4.79 Å². The molecule has 1 amide bonds. The number of aromatic nitrogens is 2. The first-order valence-electron chi connectivity index (χ1n) is 5.59. The Hall–Kier alpha value is -2.48. The summed E-state index contributed by atoms with van der Waals surface area (Å²) in [6.45, 7) is 2.10. The number of amides is 1. The van der Waals surface area contributed by atoms with Gasteiger partial charge in [-0.25, -0.2) is 0 Å². The zero-order valence-electron chi connectivity index (χ0n) is 9.92. The summed E-state index contributed by atoms with van der Waals surface area (Å²) < 4.78 is 0. The third kappa shape index (κ3) is 2.61. The Bertz CT molecular complexity index is 618. The second kappa shape index (κ2) is 5.23. The van der Waals surface area contributed by atoms with Gasteiger partial charge >= 0.3 is 0 Å². The van der Waals surface area contributed by atoms with Gasteiger partial charge in [0.1, 0.15) is 0 Å². The normalized spacial score (nSPS) is 11.8. The van der Waals surface area contributed by atoms with Gasteiger partial charge in [-0.05, 0) is 25.1 Å². The molecule has 90 valence electrons. The highest BCUT2D eigenvalue weighted by Crippen LogP contribution is 2.10. The zero-order valence-corrected chi connectivity index (χ0v) is 9.92. The second-order valence-electron chi connectivity index (χ2n) is 4.00. The van der Waals surface area contributed by atoms with Crippen LogP contribution < -0.4 is 5.32 Å². The minimum atomic E-state index is -0.204. The summed E-state index contributed by atoms with van der Waals surface area (Å²) in [7, 11) is 0. The third-order valence-corrected chi connectivity index (χ3v) is 2.52. The molecule has 1 aromatic heterocycles. The van der Waals surface area contributed by atoms with Crippen LogP contribution in [0.2, 0.25) is 0 Å². The highest BCUT2D eigenvalue weighted by Gasteiger charge is 2.08. The fraction of sp³-hybridized carbons (Fsp3) is 0.231. The predicted molar refractivity (Wildman–Crippen MR) is 66.6 cm³/mol. The molecule has 18 heavy (non-hydrogen) atoms. The van der Waals surface area contributed by atoms with E-state index < -0.39 is 0 Å². The first-order valence-corrected chi connectivity index (χ1v) is 5.59. The lowest BCUT2D eigenvalue weighted by Crippen LogP contribution is -2.27. The molecule has 2 aromatic rings. The highest BCUT2D eigenvalue weighted by molar-refractivity contribution is 5.97. The lowest BCUT2D eigenvalue weighted by atomic mass is 10.1. The van der Waals surface area contributed by atoms with Crippen molar-refractivity contribution < 1.29 is 4.79 Å². The number of fused-ring (bicyclic) bond motifs is 1. The average Bonchev–Trinajstić information content (AvgIpc) is 2.43. The number of nitrogens with zero attached hydrogens (tertiary/aromatic N) is 3. The quantitative estimate of drug-likeness (QED) is 0.882. The molecular formula is C13H12N4O. The van der Waals surface area contributed by atoms with E-state index in [4.69, 9.17) is 5.26 Å². The number of carbonyl (C=O) groups is 1. The number of rotatable bonds is 3. The smallest absolute Gasteiger partial charge is 0.251 e. The van der Waals surface area contributed by atoms with Crippen LogP contribution in [-0.4, -0.2) is 22.4 Å². The standard InChI is InChI=1S/C13H12N4O/c1-9(7-14)8-17-13(18)10-2-3-11-12(6-10)16-5-4-15-11/h2-6,9H,8H2,1H3,(H,17,18). The van der Waals surface area contributed by atoms with Gasteiger partial charge in [0.2, 0.25) is 0 Å². The maximum Gasteiger partial charge on any atom is 0.251 e. The number of hydrogen-bond acceptors (Lipinski definition) is 4. The van der Waals surface area contributed by atoms with Crippen molar-refractivity contribution in [3.8, 4) is 6.07 Å². The van der Waals surface area contributed by atoms with E-state index in [1.54, 1.807) is 37.5 Å². The monoisotopic (exact) mass is 240 g/mol. The Morgan fingerprint density at radius 2 is 2.11 bits per heavy atom. The van der Waals surface area contributed by atoms with Gasteiger partial charge in [0.25, 0.3) is 5.91 Å². The molecule has 1 unspecified atom stereocenters. The van der Waals surface area contributed by atoms with Crippen LogP contribution in [0.15, 0.2) is 30.6 Å². The highest BCUT2D eigenvalue weighted by atomic mass is 16.1. The van der Waals surface area contributed by atoms with Crippen molar-refractivity contribution in [2.75, 3.05) is 6.54 Å². The molecule has 0 aliphatic carbocycles. The van der Waals surface area contributed by atoms with E-state index in [0.717, 1.165) is 5.52 Å². The van der Waals surface area contributed by atoms with E-state index in [1.807, 2.05) is 0 Å². The van der Waals surface area contributed by atoms with E-state index >= 15 is 0 Å². The lowest BCUT2D eigenvalue weighted by molar-refractivity contribution is 0.0951. The molecule has 1 atom stereocenters. The molecule has 1 N–H and O–H groups in total. The number of carbonyl (C=O) groups excluding carboxylic acids is 1. The van der Waals surface area contributed by atoms with E-state index in [1.165, 1.54) is 0 Å². The van der Waals surface area contributed by atoms with Crippen LogP contribution in [0.4, 0.5) is 0 Å². The largest absolute Gasteiger partial charge is 0.351 e. The van der Waals surface area contributed by atoms with Gasteiger partial charge in [-0.15, -0.1) is 0 Å². The summed E-state index contributed by atoms with van der Waals surface area (Å²) in [5.74, 6) is -0.404. The lowest BCUT2D eigenvalue weighted by Gasteiger charge is -2.06. The molecule has 0 spiro atoms. The molecule has 0 aliphatic rings. The molecule has 5 nitrogen and oxygen atoms in total. The molecule has 5 heteroatoms. The van der Waals surface area contributed by atoms with E-state index in [0.29, 0.717) is 17.6 Å². The summed E-state index contributed by atoms with van der Waals surface area (Å²) in [4.78, 5) is 20.1. The molecule has 0 bridgehead atoms. The average molecular weight is 240 g/mol. The molecule has 1 heterocycles. The second-order valence-corrected chi connectivity index (χ2v) is 4.00. The van der Waals surface area contributed by atoms with Crippen LogP contribution in [0.5, 0.6) is 0 Å². The Kier molecular flexibility index (Phi) is 3.49. The molecule has 1 aromatic carbocycles. The number of nitriles is 1. The van der Waals surface area contributed by atoms with Crippen LogP contribution in [0, 0.1) is 17.2 Å². The van der Waals surface area contributed by atoms with Gasteiger partial charge in [-0.3, -0.25) is 14.8 Å². The minimum absolute atomic E-state index is 0.200. The SMILES string of the molecule is CC(C#N)CNC(=O)c1ccc2nccnc2c1. The first-order chi connectivity index (χ1) is 8.70. The van der Waals surface area contributed by atoms with Gasteiger partial charge in [0.15, 0.2) is 0 Å². The van der Waals surface area contributed by atoms with Crippen molar-refractivity contribution in [3.05, 3.63) is 36.2 Å². The van der Waals surface area contributed by atoms with Gasteiger partial charge in [0, 0.05) is 24.5 Å². The molecule has 0 radical (unpaired) electrons. The van der Waals surface area contributed by atoms with Crippen molar-refractivity contribution in [2.45, 2.75) is 6.92 Å². The Labute approximate surface area is 104 Å². The first kappa shape index (κ1) is 12.0. The summed E-state index contributed by atoms with van der Waals surface area (Å²) in [6.07, 6.45) is 3.19. The third-order valence-electron chi connectivity index (χ3n) is 2.52. The molecule has 0 saturated carbocycles. The number of hydrogen-bond donors (Lipinski definition) is 1. The summed E-state index contributed by atoms with van der Waals surface area (Å²) in [6, 6.07) is 7.21. The maximum absolute atomic E-state index is 11.8. The number of benzene rings is 1. The Morgan fingerprint density at radius 1 is 1.39 bits per heavy atom. The minimum Gasteiger partial charge on any atom is -0.351 e. The van der Waals surface area contributed by atoms with Crippen molar-refractivity contribution in [1.82, 2.24) is 15.3 Å². The van der Waals surface area contributed by atoms with E-state index in [-0.39, 0.29) is 11.8 Å². The van der Waals surface area contributed by atoms with Crippen molar-refractivity contribution in [2.24, 2.45) is 5.92 Å². The van der Waals surface area contributed by atoms with Crippen LogP contribution in [0.1, 0.15) is 17.3 Å². The maximum atomic E-state index is 11.8. The molecule has 0 aliphatic heterocycles. The van der Waals surface area contributed by atoms with Crippen LogP contribution in [0.3, 0.4) is 0 Å². The van der Waals surface area contributed by atoms with E-state index in [2.05, 4.69) is 21.4 Å². The zero-order chi connectivity index (χ0) is 13.0. The van der Waals surface area contributed by atoms with Crippen LogP contribution in [0.25, 0.3) is 11.0 Å². The summed E-state index contributed by atoms with van der Waals surface area (Å²) in [5.41, 5.74) is 1.95. The fourth-order valence-corrected chi connectivity index (χ4v) is 1.50. The summed E-state index contributed by atoms with van der Waals surface area (Å²) in [5, 5.41) is 11.3. The van der Waals surface area contributed by atoms with Gasteiger partial charge in [0.05, 0.1) is 23.0 Å². The number of nitrogens with one attached hydrogen (secondary N) is 1. The van der Waals surface area contributed by atoms with Crippen molar-refractivity contribution in [3.63, 3.8) is 0 Å². The van der Waals surface area contributed by atoms with Crippen LogP contribution in [-0.2, 0) is 0 Å². The van der Waals surface area contributed by atoms with Gasteiger partial charge < -0.3 is 5.32 Å². The molecule has 2 rings (SSSR count). The van der Waals surface area contributed by atoms with Gasteiger partial charge in [-0.1, -0.05) is 0 Å². The van der Waals surface area contributed by atoms with Gasteiger partial charge in [-0.2, -0.15) is 5.26 Å². The topological polar surface area (TPSA) is 78.7 Å².